The summed E-state index contributed by atoms with van der Waals surface area (Å²) in [4.78, 5) is 27.2. The Morgan fingerprint density at radius 1 is 1.10 bits per heavy atom. The van der Waals surface area contributed by atoms with Gasteiger partial charge in [-0.15, -0.1) is 17.9 Å². The highest BCUT2D eigenvalue weighted by atomic mass is 35.5. The van der Waals surface area contributed by atoms with E-state index >= 15 is 0 Å². The highest BCUT2D eigenvalue weighted by Gasteiger charge is 2.25. The first kappa shape index (κ1) is 21.1. The van der Waals surface area contributed by atoms with Gasteiger partial charge in [0, 0.05) is 21.5 Å². The Bertz CT molecular complexity index is 1060. The van der Waals surface area contributed by atoms with Gasteiger partial charge < -0.3 is 10.0 Å². The quantitative estimate of drug-likeness (QED) is 0.441. The standard InChI is InChI=1S/C22H17Cl2NO3S/c1-2-10-25(20(26)11-15-8-9-16(23)12-17(15)24)18-13-19(29-21(18)22(27)28)14-6-4-3-5-7-14/h2-9,12-13H,1,10-11H2,(H,27,28). The van der Waals surface area contributed by atoms with Crippen molar-refractivity contribution in [2.24, 2.45) is 0 Å². The van der Waals surface area contributed by atoms with Gasteiger partial charge in [-0.3, -0.25) is 4.79 Å². The molecule has 2 aromatic carbocycles. The van der Waals surface area contributed by atoms with Crippen molar-refractivity contribution in [3.8, 4) is 10.4 Å². The summed E-state index contributed by atoms with van der Waals surface area (Å²) in [5.41, 5.74) is 1.85. The Morgan fingerprint density at radius 3 is 2.45 bits per heavy atom. The largest absolute Gasteiger partial charge is 0.477 e. The third kappa shape index (κ3) is 4.88. The summed E-state index contributed by atoms with van der Waals surface area (Å²) >= 11 is 13.3. The number of carboxylic acids is 1. The van der Waals surface area contributed by atoms with Crippen LogP contribution in [0.1, 0.15) is 15.2 Å². The highest BCUT2D eigenvalue weighted by molar-refractivity contribution is 7.18. The molecule has 7 heteroatoms. The van der Waals surface area contributed by atoms with Gasteiger partial charge in [0.2, 0.25) is 5.91 Å². The van der Waals surface area contributed by atoms with Crippen LogP contribution in [0.5, 0.6) is 0 Å². The van der Waals surface area contributed by atoms with E-state index in [4.69, 9.17) is 23.2 Å². The number of rotatable bonds is 7. The lowest BCUT2D eigenvalue weighted by molar-refractivity contribution is -0.117. The molecular weight excluding hydrogens is 429 g/mol. The fourth-order valence-corrected chi connectivity index (χ4v) is 4.35. The van der Waals surface area contributed by atoms with Crippen LogP contribution in [0.2, 0.25) is 10.0 Å². The van der Waals surface area contributed by atoms with E-state index in [2.05, 4.69) is 6.58 Å². The van der Waals surface area contributed by atoms with Gasteiger partial charge in [-0.25, -0.2) is 4.79 Å². The minimum absolute atomic E-state index is 0.0133. The Hall–Kier alpha value is -2.60. The van der Waals surface area contributed by atoms with Gasteiger partial charge in [0.25, 0.3) is 0 Å². The van der Waals surface area contributed by atoms with E-state index in [9.17, 15) is 14.7 Å². The van der Waals surface area contributed by atoms with Crippen molar-refractivity contribution in [3.05, 3.63) is 87.7 Å². The number of carboxylic acid groups (broad SMARTS) is 1. The van der Waals surface area contributed by atoms with Crippen LogP contribution in [0, 0.1) is 0 Å². The van der Waals surface area contributed by atoms with E-state index in [0.29, 0.717) is 21.3 Å². The Balaban J connectivity index is 1.99. The molecular formula is C22H17Cl2NO3S. The van der Waals surface area contributed by atoms with Crippen LogP contribution in [0.3, 0.4) is 0 Å². The van der Waals surface area contributed by atoms with Gasteiger partial charge >= 0.3 is 5.97 Å². The van der Waals surface area contributed by atoms with Crippen LogP contribution in [0.25, 0.3) is 10.4 Å². The molecule has 3 rings (SSSR count). The fourth-order valence-electron chi connectivity index (χ4n) is 2.87. The van der Waals surface area contributed by atoms with E-state index in [1.807, 2.05) is 30.3 Å². The molecule has 1 N–H and O–H groups in total. The summed E-state index contributed by atoms with van der Waals surface area (Å²) in [5, 5.41) is 10.6. The topological polar surface area (TPSA) is 57.6 Å². The average Bonchev–Trinajstić information content (AvgIpc) is 3.14. The molecule has 0 saturated carbocycles. The van der Waals surface area contributed by atoms with E-state index in [-0.39, 0.29) is 23.7 Å². The fraction of sp³-hybridized carbons (Fsp3) is 0.0909. The van der Waals surface area contributed by atoms with Gasteiger partial charge in [-0.1, -0.05) is 65.7 Å². The molecule has 0 spiro atoms. The maximum absolute atomic E-state index is 13.1. The lowest BCUT2D eigenvalue weighted by atomic mass is 10.1. The molecule has 0 fully saturated rings. The van der Waals surface area contributed by atoms with Crippen molar-refractivity contribution < 1.29 is 14.7 Å². The predicted octanol–water partition coefficient (Wildman–Crippen LogP) is 6.18. The maximum Gasteiger partial charge on any atom is 0.348 e. The normalized spacial score (nSPS) is 10.6. The summed E-state index contributed by atoms with van der Waals surface area (Å²) in [5.74, 6) is -1.37. The van der Waals surface area contributed by atoms with Crippen molar-refractivity contribution in [1.29, 1.82) is 0 Å². The summed E-state index contributed by atoms with van der Waals surface area (Å²) < 4.78 is 0. The number of benzene rings is 2. The van der Waals surface area contributed by atoms with Crippen LogP contribution in [0.15, 0.2) is 67.3 Å². The maximum atomic E-state index is 13.1. The van der Waals surface area contributed by atoms with Crippen LogP contribution in [-0.4, -0.2) is 23.5 Å². The molecule has 0 bridgehead atoms. The van der Waals surface area contributed by atoms with Crippen molar-refractivity contribution in [1.82, 2.24) is 0 Å². The number of thiophene rings is 1. The first-order chi connectivity index (χ1) is 13.9. The summed E-state index contributed by atoms with van der Waals surface area (Å²) in [7, 11) is 0. The molecule has 0 radical (unpaired) electrons. The molecule has 1 aromatic heterocycles. The monoisotopic (exact) mass is 445 g/mol. The number of hydrogen-bond acceptors (Lipinski definition) is 3. The number of nitrogens with zero attached hydrogens (tertiary/aromatic N) is 1. The summed E-state index contributed by atoms with van der Waals surface area (Å²) in [6.07, 6.45) is 1.58. The molecule has 148 valence electrons. The van der Waals surface area contributed by atoms with Gasteiger partial charge in [0.05, 0.1) is 12.1 Å². The molecule has 29 heavy (non-hydrogen) atoms. The van der Waals surface area contributed by atoms with Crippen LogP contribution < -0.4 is 4.90 Å². The second-order valence-corrected chi connectivity index (χ2v) is 8.10. The third-order valence-electron chi connectivity index (χ3n) is 4.23. The lowest BCUT2D eigenvalue weighted by Gasteiger charge is -2.21. The molecule has 4 nitrogen and oxygen atoms in total. The molecule has 0 atom stereocenters. The van der Waals surface area contributed by atoms with Gasteiger partial charge in [-0.05, 0) is 29.3 Å². The average molecular weight is 446 g/mol. The van der Waals surface area contributed by atoms with Crippen LogP contribution >= 0.6 is 34.5 Å². The number of carbonyl (C=O) groups excluding carboxylic acids is 1. The minimum Gasteiger partial charge on any atom is -0.477 e. The molecule has 0 aliphatic carbocycles. The number of aromatic carboxylic acids is 1. The molecule has 1 heterocycles. The van der Waals surface area contributed by atoms with E-state index in [1.54, 1.807) is 30.3 Å². The molecule has 0 saturated heterocycles. The van der Waals surface area contributed by atoms with Gasteiger partial charge in [-0.2, -0.15) is 0 Å². The van der Waals surface area contributed by atoms with Crippen molar-refractivity contribution >= 4 is 52.1 Å². The second kappa shape index (κ2) is 9.27. The van der Waals surface area contributed by atoms with Crippen LogP contribution in [0.4, 0.5) is 5.69 Å². The molecule has 0 aliphatic rings. The number of amides is 1. The van der Waals surface area contributed by atoms with Crippen molar-refractivity contribution in [3.63, 3.8) is 0 Å². The zero-order valence-corrected chi connectivity index (χ0v) is 17.6. The zero-order chi connectivity index (χ0) is 21.0. The summed E-state index contributed by atoms with van der Waals surface area (Å²) in [6, 6.07) is 16.1. The van der Waals surface area contributed by atoms with Crippen LogP contribution in [-0.2, 0) is 11.2 Å². The second-order valence-electron chi connectivity index (χ2n) is 6.20. The molecule has 1 amide bonds. The Kier molecular flexibility index (Phi) is 6.75. The van der Waals surface area contributed by atoms with Gasteiger partial charge in [0.15, 0.2) is 0 Å². The SMILES string of the molecule is C=CCN(C(=O)Cc1ccc(Cl)cc1Cl)c1cc(-c2ccccc2)sc1C(=O)O. The number of halogens is 2. The smallest absolute Gasteiger partial charge is 0.348 e. The Labute approximate surface area is 182 Å². The number of carbonyl (C=O) groups is 2. The van der Waals surface area contributed by atoms with Crippen molar-refractivity contribution in [2.45, 2.75) is 6.42 Å². The van der Waals surface area contributed by atoms with E-state index in [1.165, 1.54) is 4.90 Å². The minimum atomic E-state index is -1.08. The number of hydrogen-bond donors (Lipinski definition) is 1. The Morgan fingerprint density at radius 2 is 1.83 bits per heavy atom. The first-order valence-electron chi connectivity index (χ1n) is 8.68. The van der Waals surface area contributed by atoms with Crippen molar-refractivity contribution in [2.75, 3.05) is 11.4 Å². The van der Waals surface area contributed by atoms with Gasteiger partial charge in [0.1, 0.15) is 4.88 Å². The zero-order valence-electron chi connectivity index (χ0n) is 15.3. The van der Waals surface area contributed by atoms with E-state index < -0.39 is 5.97 Å². The predicted molar refractivity (Wildman–Crippen MR) is 119 cm³/mol. The molecule has 3 aromatic rings. The molecule has 0 unspecified atom stereocenters. The van der Waals surface area contributed by atoms with E-state index in [0.717, 1.165) is 21.8 Å². The lowest BCUT2D eigenvalue weighted by Crippen LogP contribution is -2.33. The molecule has 0 aliphatic heterocycles. The first-order valence-corrected chi connectivity index (χ1v) is 10.3. The highest BCUT2D eigenvalue weighted by Crippen LogP contribution is 2.37. The summed E-state index contributed by atoms with van der Waals surface area (Å²) in [6.45, 7) is 3.88. The third-order valence-corrected chi connectivity index (χ3v) is 5.97. The number of anilines is 1.